The van der Waals surface area contributed by atoms with E-state index >= 15 is 0 Å². The predicted molar refractivity (Wildman–Crippen MR) is 174 cm³/mol. The van der Waals surface area contributed by atoms with Gasteiger partial charge in [-0.1, -0.05) is 86.9 Å². The first kappa shape index (κ1) is 34.2. The van der Waals surface area contributed by atoms with Gasteiger partial charge in [-0.25, -0.2) is 0 Å². The van der Waals surface area contributed by atoms with Gasteiger partial charge in [-0.2, -0.15) is 0 Å². The zero-order valence-corrected chi connectivity index (χ0v) is 26.8. The normalized spacial score (nSPS) is 19.5. The Morgan fingerprint density at radius 3 is 2.20 bits per heavy atom. The number of hydrogen-bond acceptors (Lipinski definition) is 5. The molecule has 0 radical (unpaired) electrons. The minimum atomic E-state index is -1.46. The third-order valence-electron chi connectivity index (χ3n) is 8.80. The molecule has 2 saturated carbocycles. The fourth-order valence-electron chi connectivity index (χ4n) is 6.06. The van der Waals surface area contributed by atoms with E-state index in [2.05, 4.69) is 16.6 Å². The van der Waals surface area contributed by atoms with Gasteiger partial charge in [0.1, 0.15) is 12.1 Å². The summed E-state index contributed by atoms with van der Waals surface area (Å²) >= 11 is 6.02. The van der Waals surface area contributed by atoms with Gasteiger partial charge < -0.3 is 20.8 Å². The monoisotopic (exact) mass is 640 g/mol. The molecule has 2 aromatic rings. The minimum absolute atomic E-state index is 0.0215. The molecule has 0 aliphatic heterocycles. The highest BCUT2D eigenvalue weighted by Crippen LogP contribution is 2.34. The maximum absolute atomic E-state index is 13.9. The zero-order valence-electron chi connectivity index (χ0n) is 25.2. The van der Waals surface area contributed by atoms with Gasteiger partial charge in [-0.05, 0) is 60.9 Å². The fourth-order valence-corrected chi connectivity index (χ4v) is 7.45. The first-order valence-corrected chi connectivity index (χ1v) is 17.5. The molecule has 9 heteroatoms. The van der Waals surface area contributed by atoms with Gasteiger partial charge in [-0.3, -0.25) is 13.8 Å². The van der Waals surface area contributed by atoms with Crippen LogP contribution in [-0.4, -0.2) is 56.3 Å². The van der Waals surface area contributed by atoms with E-state index < -0.39 is 41.0 Å². The largest absolute Gasteiger partial charge is 0.389 e. The molecule has 0 heterocycles. The van der Waals surface area contributed by atoms with Crippen molar-refractivity contribution in [2.75, 3.05) is 5.75 Å². The SMILES string of the molecule is C#CC[C@H](O)[C@H](O)[C@H](CC1CCCCC1)NC(=O)[C@H](CC1CC1)NC(=O)[C@H](Cc1ccccc1)CS(=O)c1ccc(Cl)cc1. The molecule has 0 spiro atoms. The van der Waals surface area contributed by atoms with E-state index in [1.165, 1.54) is 6.42 Å². The number of rotatable bonds is 16. The molecular weight excluding hydrogens is 596 g/mol. The van der Waals surface area contributed by atoms with Crippen LogP contribution in [-0.2, 0) is 26.8 Å². The molecule has 4 rings (SSSR count). The fraction of sp³-hybridized carbons (Fsp3) is 0.543. The Kier molecular flexibility index (Phi) is 13.3. The van der Waals surface area contributed by atoms with Crippen molar-refractivity contribution < 1.29 is 24.0 Å². The van der Waals surface area contributed by atoms with E-state index in [4.69, 9.17) is 18.0 Å². The quantitative estimate of drug-likeness (QED) is 0.197. The number of nitrogens with one attached hydrogen (secondary N) is 2. The lowest BCUT2D eigenvalue weighted by Gasteiger charge is -2.33. The summed E-state index contributed by atoms with van der Waals surface area (Å²) in [6.45, 7) is 0. The molecule has 7 nitrogen and oxygen atoms in total. The summed E-state index contributed by atoms with van der Waals surface area (Å²) in [7, 11) is -1.46. The Morgan fingerprint density at radius 2 is 1.57 bits per heavy atom. The number of halogens is 1. The van der Waals surface area contributed by atoms with Gasteiger partial charge in [0.25, 0.3) is 0 Å². The van der Waals surface area contributed by atoms with Gasteiger partial charge in [0, 0.05) is 22.1 Å². The molecule has 0 aromatic heterocycles. The number of carbonyl (C=O) groups excluding carboxylic acids is 2. The number of aliphatic hydroxyl groups excluding tert-OH is 2. The third-order valence-corrected chi connectivity index (χ3v) is 10.6. The van der Waals surface area contributed by atoms with Crippen LogP contribution in [0.3, 0.4) is 0 Å². The molecule has 6 atom stereocenters. The molecular formula is C35H45ClN2O5S. The summed E-state index contributed by atoms with van der Waals surface area (Å²) in [5, 5.41) is 28.1. The van der Waals surface area contributed by atoms with Crippen LogP contribution in [0.15, 0.2) is 59.5 Å². The second-order valence-corrected chi connectivity index (χ2v) is 14.3. The Labute approximate surface area is 269 Å². The summed E-state index contributed by atoms with van der Waals surface area (Å²) < 4.78 is 13.3. The standard InChI is InChI=1S/C35H45ClN2O5S/c1-2-9-32(39)33(40)30(21-25-12-7-4-8-13-25)37-35(42)31(22-26-14-15-26)38-34(41)27(20-24-10-5-3-6-11-24)23-44(43)29-18-16-28(36)17-19-29/h1,3,5-6,10-11,16-19,25-27,30-33,39-40H,4,7-9,12-15,20-23H2,(H,37,42)(H,38,41)/t27-,30+,31+,32+,33-,44?/m1/s1. The minimum Gasteiger partial charge on any atom is -0.389 e. The van der Waals surface area contributed by atoms with Crippen LogP contribution < -0.4 is 10.6 Å². The smallest absolute Gasteiger partial charge is 0.242 e. The molecule has 2 aliphatic carbocycles. The number of aliphatic hydroxyl groups is 2. The van der Waals surface area contributed by atoms with Gasteiger partial charge in [0.05, 0.1) is 28.9 Å². The second-order valence-electron chi connectivity index (χ2n) is 12.4. The highest BCUT2D eigenvalue weighted by molar-refractivity contribution is 7.85. The van der Waals surface area contributed by atoms with Crippen molar-refractivity contribution in [2.45, 2.75) is 99.8 Å². The average Bonchev–Trinajstić information content (AvgIpc) is 3.85. The molecule has 0 bridgehead atoms. The topological polar surface area (TPSA) is 116 Å². The van der Waals surface area contributed by atoms with E-state index in [0.717, 1.165) is 44.1 Å². The van der Waals surface area contributed by atoms with Crippen molar-refractivity contribution in [1.29, 1.82) is 0 Å². The molecule has 1 unspecified atom stereocenters. The van der Waals surface area contributed by atoms with Crippen LogP contribution in [0.5, 0.6) is 0 Å². The van der Waals surface area contributed by atoms with Gasteiger partial charge >= 0.3 is 0 Å². The first-order chi connectivity index (χ1) is 21.2. The van der Waals surface area contributed by atoms with Crippen molar-refractivity contribution in [3.05, 3.63) is 65.2 Å². The van der Waals surface area contributed by atoms with E-state index in [0.29, 0.717) is 41.0 Å². The number of amides is 2. The molecule has 0 saturated heterocycles. The van der Waals surface area contributed by atoms with E-state index in [9.17, 15) is 24.0 Å². The highest BCUT2D eigenvalue weighted by Gasteiger charge is 2.36. The lowest BCUT2D eigenvalue weighted by atomic mass is 9.82. The van der Waals surface area contributed by atoms with Crippen LogP contribution >= 0.6 is 11.6 Å². The molecule has 2 fully saturated rings. The van der Waals surface area contributed by atoms with E-state index in [1.807, 2.05) is 30.3 Å². The predicted octanol–water partition coefficient (Wildman–Crippen LogP) is 4.79. The highest BCUT2D eigenvalue weighted by atomic mass is 35.5. The number of benzene rings is 2. The molecule has 2 aliphatic rings. The van der Waals surface area contributed by atoms with Crippen molar-refractivity contribution in [3.8, 4) is 12.3 Å². The molecule has 2 amide bonds. The Hall–Kier alpha value is -2.70. The molecule has 44 heavy (non-hydrogen) atoms. The van der Waals surface area contributed by atoms with Crippen molar-refractivity contribution in [3.63, 3.8) is 0 Å². The summed E-state index contributed by atoms with van der Waals surface area (Å²) in [5.41, 5.74) is 0.933. The van der Waals surface area contributed by atoms with Crippen LogP contribution in [0, 0.1) is 30.1 Å². The Morgan fingerprint density at radius 1 is 0.909 bits per heavy atom. The van der Waals surface area contributed by atoms with Gasteiger partial charge in [0.15, 0.2) is 0 Å². The van der Waals surface area contributed by atoms with Gasteiger partial charge in [-0.15, -0.1) is 12.3 Å². The van der Waals surface area contributed by atoms with Crippen LogP contribution in [0.25, 0.3) is 0 Å². The van der Waals surface area contributed by atoms with E-state index in [-0.39, 0.29) is 24.0 Å². The summed E-state index contributed by atoms with van der Waals surface area (Å²) in [5.74, 6) is 1.77. The van der Waals surface area contributed by atoms with E-state index in [1.54, 1.807) is 24.3 Å². The number of hydrogen-bond donors (Lipinski definition) is 4. The molecule has 238 valence electrons. The Bertz CT molecular complexity index is 1270. The van der Waals surface area contributed by atoms with Crippen molar-refractivity contribution >= 4 is 34.2 Å². The van der Waals surface area contributed by atoms with Crippen LogP contribution in [0.2, 0.25) is 5.02 Å². The first-order valence-electron chi connectivity index (χ1n) is 15.8. The molecule has 2 aromatic carbocycles. The third kappa shape index (κ3) is 10.7. The number of terminal acetylenes is 1. The molecule has 4 N–H and O–H groups in total. The zero-order chi connectivity index (χ0) is 31.5. The summed E-state index contributed by atoms with van der Waals surface area (Å²) in [6, 6.07) is 14.8. The van der Waals surface area contributed by atoms with Crippen LogP contribution in [0.4, 0.5) is 0 Å². The Balaban J connectivity index is 1.50. The summed E-state index contributed by atoms with van der Waals surface area (Å²) in [6.07, 6.45) is 11.8. The van der Waals surface area contributed by atoms with Gasteiger partial charge in [0.2, 0.25) is 11.8 Å². The average molecular weight is 641 g/mol. The maximum atomic E-state index is 13.9. The number of carbonyl (C=O) groups is 2. The lowest BCUT2D eigenvalue weighted by Crippen LogP contribution is -2.56. The maximum Gasteiger partial charge on any atom is 0.242 e. The van der Waals surface area contributed by atoms with Crippen LogP contribution in [0.1, 0.15) is 69.8 Å². The summed E-state index contributed by atoms with van der Waals surface area (Å²) in [4.78, 5) is 28.2. The van der Waals surface area contributed by atoms with Crippen molar-refractivity contribution in [1.82, 2.24) is 10.6 Å². The lowest BCUT2D eigenvalue weighted by molar-refractivity contribution is -0.132. The second kappa shape index (κ2) is 17.1. The van der Waals surface area contributed by atoms with Crippen molar-refractivity contribution in [2.24, 2.45) is 17.8 Å².